The number of hydrogen-bond donors (Lipinski definition) is 0. The van der Waals surface area contributed by atoms with Gasteiger partial charge in [-0.2, -0.15) is 0 Å². The molecule has 1 saturated heterocycles. The third kappa shape index (κ3) is 7.87. The second-order valence-corrected chi connectivity index (χ2v) is 10.8. The lowest BCUT2D eigenvalue weighted by atomic mass is 9.96. The zero-order valence-electron chi connectivity index (χ0n) is 24.0. The third-order valence-corrected chi connectivity index (χ3v) is 7.72. The second kappa shape index (κ2) is 15.3. The normalized spacial score (nSPS) is 17.4. The van der Waals surface area contributed by atoms with Crippen LogP contribution in [-0.2, 0) is 15.9 Å². The van der Waals surface area contributed by atoms with Crippen molar-refractivity contribution >= 4 is 0 Å². The second-order valence-electron chi connectivity index (χ2n) is 10.8. The molecule has 2 nitrogen and oxygen atoms in total. The molecular weight excluding hydrogens is 528 g/mol. The number of unbranched alkanes of at least 4 members (excludes halogenated alkanes) is 7. The Labute approximate surface area is 241 Å². The fraction of sp³-hybridized carbons (Fsp3) is 0.429. The summed E-state index contributed by atoms with van der Waals surface area (Å²) in [5.74, 6) is -3.67. The van der Waals surface area contributed by atoms with Crippen LogP contribution in [0.3, 0.4) is 0 Å². The summed E-state index contributed by atoms with van der Waals surface area (Å²) in [6, 6.07) is 12.5. The summed E-state index contributed by atoms with van der Waals surface area (Å²) in [7, 11) is 0. The molecule has 4 rings (SSSR count). The summed E-state index contributed by atoms with van der Waals surface area (Å²) in [5, 5.41) is 0. The molecule has 220 valence electrons. The maximum absolute atomic E-state index is 15.1. The fourth-order valence-corrected chi connectivity index (χ4v) is 5.33. The van der Waals surface area contributed by atoms with Gasteiger partial charge in [0.05, 0.1) is 13.2 Å². The van der Waals surface area contributed by atoms with Gasteiger partial charge in [-0.25, -0.2) is 17.6 Å². The van der Waals surface area contributed by atoms with E-state index in [2.05, 4.69) is 6.92 Å². The van der Waals surface area contributed by atoms with Crippen LogP contribution in [0.4, 0.5) is 17.6 Å². The molecule has 0 spiro atoms. The Kier molecular flexibility index (Phi) is 11.6. The van der Waals surface area contributed by atoms with Gasteiger partial charge < -0.3 is 9.47 Å². The summed E-state index contributed by atoms with van der Waals surface area (Å²) in [6.45, 7) is 4.81. The van der Waals surface area contributed by atoms with Gasteiger partial charge in [-0.15, -0.1) is 0 Å². The summed E-state index contributed by atoms with van der Waals surface area (Å²) in [5.41, 5.74) is 1.47. The van der Waals surface area contributed by atoms with Crippen molar-refractivity contribution in [1.29, 1.82) is 0 Å². The van der Waals surface area contributed by atoms with Gasteiger partial charge in [-0.3, -0.25) is 0 Å². The first-order chi connectivity index (χ1) is 19.9. The Hall–Kier alpha value is -2.96. The predicted octanol–water partition coefficient (Wildman–Crippen LogP) is 10.5. The highest BCUT2D eigenvalue weighted by atomic mass is 19.2. The minimum atomic E-state index is -1.03. The molecule has 0 radical (unpaired) electrons. The number of aryl methyl sites for hydroxylation is 1. The van der Waals surface area contributed by atoms with Crippen molar-refractivity contribution in [3.05, 3.63) is 95.1 Å². The highest BCUT2D eigenvalue weighted by Crippen LogP contribution is 2.34. The van der Waals surface area contributed by atoms with Crippen LogP contribution < -0.4 is 0 Å². The van der Waals surface area contributed by atoms with Crippen molar-refractivity contribution in [2.45, 2.75) is 77.9 Å². The Balaban J connectivity index is 1.39. The Morgan fingerprint density at radius 3 is 1.78 bits per heavy atom. The largest absolute Gasteiger partial charge is 0.348 e. The number of hydrogen-bond acceptors (Lipinski definition) is 2. The SMILES string of the molecule is C/C=C/C1COC(c2ccc(-c3ccc(-c4ccc(CCCCCCCCCC)c(F)c4F)cc3)c(F)c2F)OC1. The van der Waals surface area contributed by atoms with Gasteiger partial charge in [0.15, 0.2) is 29.6 Å². The molecule has 0 amide bonds. The van der Waals surface area contributed by atoms with E-state index in [9.17, 15) is 4.39 Å². The molecule has 0 bridgehead atoms. The first kappa shape index (κ1) is 31.0. The Morgan fingerprint density at radius 1 is 0.659 bits per heavy atom. The number of ether oxygens (including phenoxy) is 2. The van der Waals surface area contributed by atoms with E-state index in [1.165, 1.54) is 44.2 Å². The van der Waals surface area contributed by atoms with Crippen LogP contribution in [0, 0.1) is 29.2 Å². The molecule has 0 saturated carbocycles. The summed E-state index contributed by atoms with van der Waals surface area (Å²) >= 11 is 0. The standard InChI is InChI=1S/C35H40F4O2/c1-3-5-6-7-8-9-10-11-13-27-18-19-28(32(37)31(27)36)25-14-16-26(17-15-25)29-20-21-30(34(39)33(29)38)35-40-22-24(12-4-2)23-41-35/h4,12,14-21,24,35H,3,5-11,13,22-23H2,1-2H3/b12-4+. The van der Waals surface area contributed by atoms with E-state index < -0.39 is 29.6 Å². The number of benzene rings is 3. The van der Waals surface area contributed by atoms with E-state index in [-0.39, 0.29) is 22.6 Å². The Morgan fingerprint density at radius 2 is 1.20 bits per heavy atom. The van der Waals surface area contributed by atoms with Gasteiger partial charge in [0.25, 0.3) is 0 Å². The fourth-order valence-electron chi connectivity index (χ4n) is 5.33. The van der Waals surface area contributed by atoms with Crippen LogP contribution in [0.5, 0.6) is 0 Å². The monoisotopic (exact) mass is 568 g/mol. The topological polar surface area (TPSA) is 18.5 Å². The van der Waals surface area contributed by atoms with Crippen molar-refractivity contribution < 1.29 is 27.0 Å². The van der Waals surface area contributed by atoms with Crippen LogP contribution in [0.1, 0.15) is 82.6 Å². The van der Waals surface area contributed by atoms with Crippen molar-refractivity contribution in [1.82, 2.24) is 0 Å². The molecule has 1 fully saturated rings. The van der Waals surface area contributed by atoms with Crippen molar-refractivity contribution in [3.8, 4) is 22.3 Å². The maximum atomic E-state index is 15.1. The third-order valence-electron chi connectivity index (χ3n) is 7.72. The van der Waals surface area contributed by atoms with Crippen molar-refractivity contribution in [2.24, 2.45) is 5.92 Å². The van der Waals surface area contributed by atoms with Gasteiger partial charge in [0.1, 0.15) is 0 Å². The van der Waals surface area contributed by atoms with Crippen LogP contribution in [-0.4, -0.2) is 13.2 Å². The van der Waals surface area contributed by atoms with Gasteiger partial charge in [-0.05, 0) is 36.5 Å². The van der Waals surface area contributed by atoms with Crippen molar-refractivity contribution in [2.75, 3.05) is 13.2 Å². The number of rotatable bonds is 13. The van der Waals surface area contributed by atoms with Crippen LogP contribution in [0.2, 0.25) is 0 Å². The molecule has 6 heteroatoms. The quantitative estimate of drug-likeness (QED) is 0.116. The molecule has 3 aromatic carbocycles. The van der Waals surface area contributed by atoms with E-state index in [1.54, 1.807) is 36.4 Å². The van der Waals surface area contributed by atoms with Gasteiger partial charge >= 0.3 is 0 Å². The minimum absolute atomic E-state index is 0.00593. The van der Waals surface area contributed by atoms with Crippen LogP contribution >= 0.6 is 0 Å². The van der Waals surface area contributed by atoms with E-state index in [0.29, 0.717) is 36.3 Å². The molecule has 1 heterocycles. The minimum Gasteiger partial charge on any atom is -0.348 e. The van der Waals surface area contributed by atoms with E-state index >= 15 is 13.2 Å². The summed E-state index contributed by atoms with van der Waals surface area (Å²) < 4.78 is 71.2. The summed E-state index contributed by atoms with van der Waals surface area (Å²) in [4.78, 5) is 0. The highest BCUT2D eigenvalue weighted by Gasteiger charge is 2.27. The lowest BCUT2D eigenvalue weighted by molar-refractivity contribution is -0.199. The molecular formula is C35H40F4O2. The summed E-state index contributed by atoms with van der Waals surface area (Å²) in [6.07, 6.45) is 12.5. The van der Waals surface area contributed by atoms with Gasteiger partial charge in [0.2, 0.25) is 0 Å². The lowest BCUT2D eigenvalue weighted by Crippen LogP contribution is -2.26. The first-order valence-electron chi connectivity index (χ1n) is 14.9. The molecule has 0 unspecified atom stereocenters. The average molecular weight is 569 g/mol. The Bertz CT molecular complexity index is 1290. The number of allylic oxidation sites excluding steroid dienone is 1. The smallest absolute Gasteiger partial charge is 0.186 e. The molecule has 1 aliphatic heterocycles. The number of halogens is 4. The average Bonchev–Trinajstić information content (AvgIpc) is 2.99. The van der Waals surface area contributed by atoms with Crippen LogP contribution in [0.15, 0.2) is 60.7 Å². The van der Waals surface area contributed by atoms with E-state index in [1.807, 2.05) is 19.1 Å². The first-order valence-corrected chi connectivity index (χ1v) is 14.9. The van der Waals surface area contributed by atoms with Gasteiger partial charge in [-0.1, -0.05) is 113 Å². The molecule has 0 atom stereocenters. The van der Waals surface area contributed by atoms with E-state index in [0.717, 1.165) is 19.3 Å². The lowest BCUT2D eigenvalue weighted by Gasteiger charge is -2.28. The van der Waals surface area contributed by atoms with Gasteiger partial charge in [0, 0.05) is 22.6 Å². The zero-order valence-corrected chi connectivity index (χ0v) is 24.0. The predicted molar refractivity (Wildman–Crippen MR) is 156 cm³/mol. The molecule has 1 aliphatic rings. The van der Waals surface area contributed by atoms with Crippen LogP contribution in [0.25, 0.3) is 22.3 Å². The molecule has 0 aromatic heterocycles. The molecule has 0 N–H and O–H groups in total. The maximum Gasteiger partial charge on any atom is 0.186 e. The highest BCUT2D eigenvalue weighted by molar-refractivity contribution is 5.71. The molecule has 0 aliphatic carbocycles. The molecule has 41 heavy (non-hydrogen) atoms. The van der Waals surface area contributed by atoms with E-state index in [4.69, 9.17) is 9.47 Å². The van der Waals surface area contributed by atoms with Crippen molar-refractivity contribution in [3.63, 3.8) is 0 Å². The zero-order chi connectivity index (χ0) is 29.2. The molecule has 3 aromatic rings.